The quantitative estimate of drug-likeness (QED) is 0.786. The molecule has 2 aromatic carbocycles. The number of aliphatic hydroxyl groups excluding tert-OH is 1. The smallest absolute Gasteiger partial charge is 0.234 e. The Hall–Kier alpha value is -2.66. The summed E-state index contributed by atoms with van der Waals surface area (Å²) in [6.07, 6.45) is 3.21. The van der Waals surface area contributed by atoms with E-state index in [1.54, 1.807) is 0 Å². The molecule has 2 aliphatic heterocycles. The molecule has 5 nitrogen and oxygen atoms in total. The number of hydrogen-bond donors (Lipinski definition) is 1. The van der Waals surface area contributed by atoms with Gasteiger partial charge in [0.2, 0.25) is 12.3 Å². The third kappa shape index (κ3) is 3.31. The first kappa shape index (κ1) is 18.7. The normalized spacial score (nSPS) is 23.9. The number of aliphatic hydroxyl groups is 1. The van der Waals surface area contributed by atoms with E-state index in [4.69, 9.17) is 0 Å². The van der Waals surface area contributed by atoms with Crippen LogP contribution in [0, 0.1) is 0 Å². The maximum Gasteiger partial charge on any atom is 0.234 e. The molecule has 4 rings (SSSR count). The lowest BCUT2D eigenvalue weighted by Gasteiger charge is -2.46. The number of benzene rings is 2. The van der Waals surface area contributed by atoms with Gasteiger partial charge in [-0.15, -0.1) is 0 Å². The lowest BCUT2D eigenvalue weighted by atomic mass is 9.88. The molecule has 2 bridgehead atoms. The minimum Gasteiger partial charge on any atom is -0.396 e. The van der Waals surface area contributed by atoms with Crippen molar-refractivity contribution in [1.82, 2.24) is 9.80 Å². The minimum atomic E-state index is -0.384. The zero-order valence-electron chi connectivity index (χ0n) is 15.9. The van der Waals surface area contributed by atoms with Gasteiger partial charge in [0.25, 0.3) is 0 Å². The number of rotatable bonds is 6. The van der Waals surface area contributed by atoms with Gasteiger partial charge in [0, 0.05) is 19.2 Å². The van der Waals surface area contributed by atoms with Gasteiger partial charge in [-0.25, -0.2) is 0 Å². The lowest BCUT2D eigenvalue weighted by Crippen LogP contribution is -2.61. The van der Waals surface area contributed by atoms with Crippen LogP contribution in [-0.4, -0.2) is 58.5 Å². The van der Waals surface area contributed by atoms with Crippen LogP contribution in [0.5, 0.6) is 0 Å². The van der Waals surface area contributed by atoms with Crippen LogP contribution in [0.3, 0.4) is 0 Å². The van der Waals surface area contributed by atoms with E-state index in [1.165, 1.54) is 0 Å². The van der Waals surface area contributed by atoms with Crippen LogP contribution in [0.25, 0.3) is 0 Å². The number of carbonyl (C=O) groups is 2. The van der Waals surface area contributed by atoms with E-state index in [0.717, 1.165) is 30.4 Å². The Labute approximate surface area is 165 Å². The van der Waals surface area contributed by atoms with Crippen molar-refractivity contribution in [3.8, 4) is 0 Å². The number of nitrogens with zero attached hydrogens (tertiary/aromatic N) is 2. The van der Waals surface area contributed by atoms with Crippen molar-refractivity contribution >= 4 is 12.3 Å². The Morgan fingerprint density at radius 1 is 1.04 bits per heavy atom. The molecule has 5 heteroatoms. The summed E-state index contributed by atoms with van der Waals surface area (Å²) in [7, 11) is 0. The minimum absolute atomic E-state index is 0.000420. The number of piperazine rings is 1. The van der Waals surface area contributed by atoms with E-state index < -0.39 is 0 Å². The topological polar surface area (TPSA) is 60.9 Å². The SMILES string of the molecule is O=CN1C2CCC1[C@@H](CCO)N(C(=O)C(c1ccccc1)c1ccccc1)C2. The highest BCUT2D eigenvalue weighted by Gasteiger charge is 2.48. The average molecular weight is 378 g/mol. The third-order valence-electron chi connectivity index (χ3n) is 6.19. The molecule has 2 saturated heterocycles. The molecule has 146 valence electrons. The second-order valence-corrected chi connectivity index (χ2v) is 7.68. The first-order valence-corrected chi connectivity index (χ1v) is 9.98. The highest BCUT2D eigenvalue weighted by atomic mass is 16.3. The predicted molar refractivity (Wildman–Crippen MR) is 107 cm³/mol. The van der Waals surface area contributed by atoms with Crippen LogP contribution in [-0.2, 0) is 9.59 Å². The molecule has 2 unspecified atom stereocenters. The molecule has 1 N–H and O–H groups in total. The maximum absolute atomic E-state index is 13.8. The van der Waals surface area contributed by atoms with Gasteiger partial charge in [0.1, 0.15) is 0 Å². The van der Waals surface area contributed by atoms with E-state index in [1.807, 2.05) is 70.5 Å². The van der Waals surface area contributed by atoms with E-state index >= 15 is 0 Å². The van der Waals surface area contributed by atoms with Crippen molar-refractivity contribution in [2.45, 2.75) is 43.3 Å². The van der Waals surface area contributed by atoms with Crippen molar-refractivity contribution in [2.75, 3.05) is 13.2 Å². The summed E-state index contributed by atoms with van der Waals surface area (Å²) in [6, 6.07) is 19.6. The van der Waals surface area contributed by atoms with Gasteiger partial charge in [0.05, 0.1) is 18.0 Å². The molecule has 0 radical (unpaired) electrons. The van der Waals surface area contributed by atoms with Crippen LogP contribution in [0.1, 0.15) is 36.3 Å². The number of fused-ring (bicyclic) bond motifs is 2. The molecule has 0 spiro atoms. The van der Waals surface area contributed by atoms with Crippen molar-refractivity contribution < 1.29 is 14.7 Å². The average Bonchev–Trinajstić information content (AvgIpc) is 3.05. The zero-order valence-corrected chi connectivity index (χ0v) is 15.9. The monoisotopic (exact) mass is 378 g/mol. The second-order valence-electron chi connectivity index (χ2n) is 7.68. The van der Waals surface area contributed by atoms with E-state index in [-0.39, 0.29) is 36.6 Å². The van der Waals surface area contributed by atoms with Crippen molar-refractivity contribution in [3.63, 3.8) is 0 Å². The summed E-state index contributed by atoms with van der Waals surface area (Å²) in [5.41, 5.74) is 1.93. The largest absolute Gasteiger partial charge is 0.396 e. The predicted octanol–water partition coefficient (Wildman–Crippen LogP) is 2.40. The van der Waals surface area contributed by atoms with Crippen LogP contribution < -0.4 is 0 Å². The molecule has 2 amide bonds. The Bertz CT molecular complexity index is 772. The Morgan fingerprint density at radius 2 is 1.64 bits per heavy atom. The molecule has 0 aliphatic carbocycles. The summed E-state index contributed by atoms with van der Waals surface area (Å²) in [5, 5.41) is 9.63. The van der Waals surface area contributed by atoms with Crippen LogP contribution in [0.2, 0.25) is 0 Å². The number of amides is 2. The Morgan fingerprint density at radius 3 is 2.18 bits per heavy atom. The highest BCUT2D eigenvalue weighted by molar-refractivity contribution is 5.88. The molecule has 2 aliphatic rings. The first-order valence-electron chi connectivity index (χ1n) is 9.98. The van der Waals surface area contributed by atoms with Gasteiger partial charge >= 0.3 is 0 Å². The zero-order chi connectivity index (χ0) is 19.5. The van der Waals surface area contributed by atoms with E-state index in [2.05, 4.69) is 0 Å². The van der Waals surface area contributed by atoms with Crippen molar-refractivity contribution in [1.29, 1.82) is 0 Å². The van der Waals surface area contributed by atoms with Gasteiger partial charge in [-0.2, -0.15) is 0 Å². The molecular weight excluding hydrogens is 352 g/mol. The van der Waals surface area contributed by atoms with Crippen LogP contribution >= 0.6 is 0 Å². The Kier molecular flexibility index (Phi) is 5.44. The fraction of sp³-hybridized carbons (Fsp3) is 0.391. The number of hydrogen-bond acceptors (Lipinski definition) is 3. The molecule has 0 aromatic heterocycles. The van der Waals surface area contributed by atoms with E-state index in [9.17, 15) is 14.7 Å². The van der Waals surface area contributed by atoms with Gasteiger partial charge in [-0.05, 0) is 30.4 Å². The van der Waals surface area contributed by atoms with Gasteiger partial charge in [0.15, 0.2) is 0 Å². The maximum atomic E-state index is 13.8. The molecular formula is C23H26N2O3. The van der Waals surface area contributed by atoms with Crippen molar-refractivity contribution in [3.05, 3.63) is 71.8 Å². The van der Waals surface area contributed by atoms with Gasteiger partial charge < -0.3 is 14.9 Å². The lowest BCUT2D eigenvalue weighted by molar-refractivity contribution is -0.144. The van der Waals surface area contributed by atoms with Gasteiger partial charge in [-0.3, -0.25) is 9.59 Å². The fourth-order valence-electron chi connectivity index (χ4n) is 4.91. The number of carbonyl (C=O) groups excluding carboxylic acids is 2. The Balaban J connectivity index is 1.71. The molecule has 3 atom stereocenters. The van der Waals surface area contributed by atoms with E-state index in [0.29, 0.717) is 13.0 Å². The number of likely N-dealkylation sites (tertiary alicyclic amines) is 1. The fourth-order valence-corrected chi connectivity index (χ4v) is 4.91. The summed E-state index contributed by atoms with van der Waals surface area (Å²) in [6.45, 7) is 0.540. The standard InChI is InChI=1S/C23H26N2O3/c26-14-13-21-20-12-11-19(25(20)16-27)15-24(21)23(28)22(17-7-3-1-4-8-17)18-9-5-2-6-10-18/h1-10,16,19-22,26H,11-15H2/t19?,20?,21-/m1/s1. The van der Waals surface area contributed by atoms with Crippen LogP contribution in [0.15, 0.2) is 60.7 Å². The molecule has 28 heavy (non-hydrogen) atoms. The van der Waals surface area contributed by atoms with Crippen molar-refractivity contribution in [2.24, 2.45) is 0 Å². The van der Waals surface area contributed by atoms with Gasteiger partial charge in [-0.1, -0.05) is 60.7 Å². The second kappa shape index (κ2) is 8.15. The summed E-state index contributed by atoms with van der Waals surface area (Å²) in [5.74, 6) is -0.330. The third-order valence-corrected chi connectivity index (χ3v) is 6.19. The van der Waals surface area contributed by atoms with Crippen LogP contribution in [0.4, 0.5) is 0 Å². The highest BCUT2D eigenvalue weighted by Crippen LogP contribution is 2.37. The summed E-state index contributed by atoms with van der Waals surface area (Å²) in [4.78, 5) is 29.2. The first-order chi connectivity index (χ1) is 13.7. The molecule has 0 saturated carbocycles. The molecule has 2 fully saturated rings. The molecule has 2 heterocycles. The molecule has 2 aromatic rings. The summed E-state index contributed by atoms with van der Waals surface area (Å²) < 4.78 is 0. The summed E-state index contributed by atoms with van der Waals surface area (Å²) >= 11 is 0.